The minimum Gasteiger partial charge on any atom is -0.496 e. The topological polar surface area (TPSA) is 102 Å². The second-order valence-electron chi connectivity index (χ2n) is 4.47. The van der Waals surface area contributed by atoms with Crippen molar-refractivity contribution >= 4 is 12.1 Å². The highest BCUT2D eigenvalue weighted by Crippen LogP contribution is 2.29. The number of carbonyl (C=O) groups is 1. The number of rotatable bonds is 4. The molecule has 126 valence electrons. The Kier molecular flexibility index (Phi) is 5.15. The van der Waals surface area contributed by atoms with E-state index < -0.39 is 23.1 Å². The lowest BCUT2D eigenvalue weighted by Gasteiger charge is -2.09. The highest BCUT2D eigenvalue weighted by Gasteiger charge is 2.10. The van der Waals surface area contributed by atoms with Gasteiger partial charge in [0.25, 0.3) is 5.56 Å². The van der Waals surface area contributed by atoms with Crippen molar-refractivity contribution in [3.8, 4) is 11.5 Å². The fourth-order valence-electron chi connectivity index (χ4n) is 1.91. The molecule has 1 heterocycles. The monoisotopic (exact) mass is 335 g/mol. The zero-order valence-corrected chi connectivity index (χ0v) is 12.8. The van der Waals surface area contributed by atoms with Crippen LogP contribution < -0.4 is 26.0 Å². The van der Waals surface area contributed by atoms with Gasteiger partial charge in [-0.15, -0.1) is 0 Å². The molecule has 8 nitrogen and oxygen atoms in total. The predicted molar refractivity (Wildman–Crippen MR) is 83.8 cm³/mol. The molecule has 2 aromatic rings. The molecule has 0 aliphatic heterocycles. The molecule has 2 rings (SSSR count). The Labute approximate surface area is 135 Å². The summed E-state index contributed by atoms with van der Waals surface area (Å²) in [6, 6.07) is 4.19. The predicted octanol–water partition coefficient (Wildman–Crippen LogP) is 0.921. The number of methoxy groups -OCH3 is 2. The van der Waals surface area contributed by atoms with Crippen LogP contribution in [0.1, 0.15) is 5.56 Å². The first kappa shape index (κ1) is 17.0. The second-order valence-corrected chi connectivity index (χ2v) is 4.47. The van der Waals surface area contributed by atoms with E-state index in [0.717, 1.165) is 0 Å². The molecule has 0 fully saturated rings. The van der Waals surface area contributed by atoms with Gasteiger partial charge in [-0.3, -0.25) is 9.78 Å². The molecule has 1 amide bonds. The number of ether oxygens (including phenoxy) is 2. The number of benzene rings is 1. The van der Waals surface area contributed by atoms with E-state index in [0.29, 0.717) is 27.8 Å². The van der Waals surface area contributed by atoms with Crippen LogP contribution in [-0.4, -0.2) is 29.8 Å². The van der Waals surface area contributed by atoms with Crippen molar-refractivity contribution in [1.29, 1.82) is 0 Å². The summed E-state index contributed by atoms with van der Waals surface area (Å²) in [4.78, 5) is 36.0. The molecule has 0 aliphatic carbocycles. The van der Waals surface area contributed by atoms with E-state index in [2.05, 4.69) is 5.32 Å². The average Bonchev–Trinajstić information content (AvgIpc) is 2.57. The lowest BCUT2D eigenvalue weighted by atomic mass is 10.1. The van der Waals surface area contributed by atoms with E-state index in [1.807, 2.05) is 0 Å². The molecule has 9 heteroatoms. The van der Waals surface area contributed by atoms with Crippen LogP contribution >= 0.6 is 0 Å². The summed E-state index contributed by atoms with van der Waals surface area (Å²) in [6.45, 7) is 0. The Morgan fingerprint density at radius 3 is 2.46 bits per heavy atom. The number of H-pyrrole nitrogens is 1. The Morgan fingerprint density at radius 2 is 1.88 bits per heavy atom. The average molecular weight is 335 g/mol. The molecular weight excluding hydrogens is 321 g/mol. The normalized spacial score (nSPS) is 10.6. The van der Waals surface area contributed by atoms with E-state index in [-0.39, 0.29) is 0 Å². The molecule has 0 radical (unpaired) electrons. The fraction of sp³-hybridized carbons (Fsp3) is 0.133. The summed E-state index contributed by atoms with van der Waals surface area (Å²) in [5.74, 6) is -0.237. The molecule has 1 aromatic carbocycles. The maximum absolute atomic E-state index is 13.2. The Morgan fingerprint density at radius 1 is 1.25 bits per heavy atom. The summed E-state index contributed by atoms with van der Waals surface area (Å²) in [5.41, 5.74) is -1.69. The summed E-state index contributed by atoms with van der Waals surface area (Å²) >= 11 is 0. The molecule has 1 aromatic heterocycles. The third-order valence-electron chi connectivity index (χ3n) is 3.04. The number of aromatic nitrogens is 2. The lowest BCUT2D eigenvalue weighted by Crippen LogP contribution is -2.39. The van der Waals surface area contributed by atoms with Gasteiger partial charge in [0, 0.05) is 6.20 Å². The quantitative estimate of drug-likeness (QED) is 0.865. The Bertz CT molecular complexity index is 878. The number of hydrogen-bond donors (Lipinski definition) is 2. The van der Waals surface area contributed by atoms with Gasteiger partial charge in [0.2, 0.25) is 5.82 Å². The number of nitrogens with one attached hydrogen (secondary N) is 2. The largest absolute Gasteiger partial charge is 0.496 e. The Balaban J connectivity index is 2.24. The van der Waals surface area contributed by atoms with Gasteiger partial charge in [-0.1, -0.05) is 6.07 Å². The first-order chi connectivity index (χ1) is 11.5. The number of halogens is 1. The van der Waals surface area contributed by atoms with Crippen molar-refractivity contribution in [1.82, 2.24) is 14.9 Å². The summed E-state index contributed by atoms with van der Waals surface area (Å²) < 4.78 is 24.0. The first-order valence-electron chi connectivity index (χ1n) is 6.67. The van der Waals surface area contributed by atoms with E-state index in [9.17, 15) is 18.8 Å². The highest BCUT2D eigenvalue weighted by molar-refractivity contribution is 5.78. The van der Waals surface area contributed by atoms with Crippen molar-refractivity contribution in [3.63, 3.8) is 0 Å². The van der Waals surface area contributed by atoms with Crippen LogP contribution in [0.3, 0.4) is 0 Å². The van der Waals surface area contributed by atoms with Crippen LogP contribution in [0.15, 0.2) is 40.2 Å². The molecule has 24 heavy (non-hydrogen) atoms. The smallest absolute Gasteiger partial charge is 0.336 e. The molecule has 0 aliphatic rings. The van der Waals surface area contributed by atoms with Crippen molar-refractivity contribution in [2.45, 2.75) is 0 Å². The number of hydrogen-bond acceptors (Lipinski definition) is 5. The van der Waals surface area contributed by atoms with Crippen LogP contribution in [0, 0.1) is 5.82 Å². The van der Waals surface area contributed by atoms with Crippen LogP contribution in [0.4, 0.5) is 9.18 Å². The van der Waals surface area contributed by atoms with Crippen LogP contribution in [0.2, 0.25) is 0 Å². The van der Waals surface area contributed by atoms with Gasteiger partial charge in [0.15, 0.2) is 0 Å². The molecule has 0 spiro atoms. The van der Waals surface area contributed by atoms with Crippen molar-refractivity contribution in [2.75, 3.05) is 14.2 Å². The molecule has 2 N–H and O–H groups in total. The minimum atomic E-state index is -1.25. The van der Waals surface area contributed by atoms with E-state index in [1.165, 1.54) is 26.5 Å². The third-order valence-corrected chi connectivity index (χ3v) is 3.04. The number of amides is 1. The number of nitrogens with zero attached hydrogens (tertiary/aromatic N) is 1. The first-order valence-corrected chi connectivity index (χ1v) is 6.67. The van der Waals surface area contributed by atoms with E-state index in [1.54, 1.807) is 23.2 Å². The van der Waals surface area contributed by atoms with Crippen LogP contribution in [0.25, 0.3) is 6.08 Å². The fourth-order valence-corrected chi connectivity index (χ4v) is 1.91. The summed E-state index contributed by atoms with van der Waals surface area (Å²) in [6.07, 6.45) is 3.23. The van der Waals surface area contributed by atoms with Gasteiger partial charge in [-0.25, -0.2) is 14.2 Å². The van der Waals surface area contributed by atoms with Crippen molar-refractivity contribution in [2.24, 2.45) is 0 Å². The lowest BCUT2D eigenvalue weighted by molar-refractivity contribution is 0.244. The summed E-state index contributed by atoms with van der Waals surface area (Å²) in [7, 11) is 2.96. The molecule has 0 bridgehead atoms. The van der Waals surface area contributed by atoms with Gasteiger partial charge in [-0.05, 0) is 18.2 Å². The minimum absolute atomic E-state index is 0.403. The molecular formula is C15H14FN3O5. The number of carbonyl (C=O) groups excluding carboxylic acids is 1. The second kappa shape index (κ2) is 7.27. The molecule has 0 saturated heterocycles. The van der Waals surface area contributed by atoms with Gasteiger partial charge in [-0.2, -0.15) is 4.39 Å². The van der Waals surface area contributed by atoms with Crippen molar-refractivity contribution < 1.29 is 18.7 Å². The third kappa shape index (κ3) is 3.51. The zero-order chi connectivity index (χ0) is 17.7. The molecule has 0 unspecified atom stereocenters. The summed E-state index contributed by atoms with van der Waals surface area (Å²) in [5, 5.41) is 2.28. The highest BCUT2D eigenvalue weighted by atomic mass is 19.1. The molecule has 0 atom stereocenters. The zero-order valence-electron chi connectivity index (χ0n) is 12.8. The Hall–Kier alpha value is -3.36. The maximum Gasteiger partial charge on any atom is 0.336 e. The van der Waals surface area contributed by atoms with Crippen LogP contribution in [0.5, 0.6) is 11.5 Å². The van der Waals surface area contributed by atoms with E-state index >= 15 is 0 Å². The van der Waals surface area contributed by atoms with Gasteiger partial charge < -0.3 is 14.8 Å². The van der Waals surface area contributed by atoms with Gasteiger partial charge >= 0.3 is 11.7 Å². The van der Waals surface area contributed by atoms with Gasteiger partial charge in [0.05, 0.1) is 26.0 Å². The van der Waals surface area contributed by atoms with Crippen molar-refractivity contribution in [3.05, 3.63) is 62.8 Å². The van der Waals surface area contributed by atoms with Gasteiger partial charge in [0.1, 0.15) is 11.5 Å². The number of aromatic amines is 1. The molecule has 0 saturated carbocycles. The standard InChI is InChI=1S/C15H14FN3O5/c1-23-11-4-3-5-12(24-2)9(11)6-7-17-14(21)19-8-10(16)13(20)18-15(19)22/h3-8H,1-2H3,(H,17,21)(H,18,20,22). The maximum atomic E-state index is 13.2. The SMILES string of the molecule is COc1cccc(OC)c1C=CNC(=O)n1cc(F)c(=O)[nH]c1=O. The van der Waals surface area contributed by atoms with E-state index in [4.69, 9.17) is 9.47 Å². The van der Waals surface area contributed by atoms with Crippen LogP contribution in [-0.2, 0) is 0 Å².